The van der Waals surface area contributed by atoms with Gasteiger partial charge in [-0.05, 0) is 49.1 Å². The molecule has 1 unspecified atom stereocenters. The normalized spacial score (nSPS) is 21.2. The molecule has 3 aliphatic rings. The zero-order valence-corrected chi connectivity index (χ0v) is 22.6. The largest absolute Gasteiger partial charge is 0.497 e. The molecule has 11 heteroatoms. The molecule has 4 heterocycles. The monoisotopic (exact) mass is 550 g/mol. The third-order valence-electron chi connectivity index (χ3n) is 8.47. The van der Waals surface area contributed by atoms with Crippen molar-refractivity contribution in [1.82, 2.24) is 25.0 Å². The molecule has 2 aliphatic heterocycles. The van der Waals surface area contributed by atoms with Crippen LogP contribution in [0.15, 0.2) is 48.8 Å². The van der Waals surface area contributed by atoms with Crippen molar-refractivity contribution in [1.29, 1.82) is 0 Å². The van der Waals surface area contributed by atoms with Gasteiger partial charge in [-0.1, -0.05) is 19.1 Å². The lowest BCUT2D eigenvalue weighted by atomic mass is 9.86. The fraction of sp³-hybridized carbons (Fsp3) is 0.448. The van der Waals surface area contributed by atoms with Crippen LogP contribution in [0, 0.1) is 5.92 Å². The Labute approximate surface area is 231 Å². The highest BCUT2D eigenvalue weighted by Crippen LogP contribution is 2.50. The summed E-state index contributed by atoms with van der Waals surface area (Å²) in [6.45, 7) is 3.43. The number of anilines is 1. The van der Waals surface area contributed by atoms with E-state index in [4.69, 9.17) is 9.72 Å². The van der Waals surface area contributed by atoms with Crippen LogP contribution >= 0.6 is 0 Å². The fourth-order valence-electron chi connectivity index (χ4n) is 6.01. The van der Waals surface area contributed by atoms with E-state index in [1.54, 1.807) is 23.1 Å². The molecule has 1 atom stereocenters. The van der Waals surface area contributed by atoms with Crippen LogP contribution < -0.4 is 9.64 Å². The van der Waals surface area contributed by atoms with Crippen LogP contribution in [-0.4, -0.2) is 75.1 Å². The van der Waals surface area contributed by atoms with Gasteiger partial charge in [0, 0.05) is 43.4 Å². The molecule has 1 aromatic carbocycles. The molecule has 6 rings (SSSR count). The standard InChI is InChI=1S/C29H32F2N6O3/c1-3-24-22(20-15-32-33-16-20)7-8-25(34-24)36-18-28(9-11-35(12-10-28)26(38)23-14-29(23,30)31)37(27(36)39)17-19-5-4-6-21(13-19)40-2/h4-8,13,15-16,23H,3,9-12,14,17-18H2,1-2H3,(H,32,33). The quantitative estimate of drug-likeness (QED) is 0.468. The number of piperidine rings is 1. The van der Waals surface area contributed by atoms with Crippen LogP contribution in [0.5, 0.6) is 5.75 Å². The van der Waals surface area contributed by atoms with E-state index in [2.05, 4.69) is 10.2 Å². The van der Waals surface area contributed by atoms with E-state index < -0.39 is 23.3 Å². The number of halogens is 2. The predicted molar refractivity (Wildman–Crippen MR) is 144 cm³/mol. The average Bonchev–Trinajstić information content (AvgIpc) is 3.27. The maximum absolute atomic E-state index is 14.1. The number of alkyl halides is 2. The number of rotatable bonds is 7. The Hall–Kier alpha value is -4.02. The van der Waals surface area contributed by atoms with Gasteiger partial charge in [-0.25, -0.2) is 18.6 Å². The molecule has 1 spiro atoms. The molecule has 1 aliphatic carbocycles. The number of hydrogen-bond donors (Lipinski definition) is 1. The maximum Gasteiger partial charge on any atom is 0.326 e. The second kappa shape index (κ2) is 9.87. The number of H-pyrrole nitrogens is 1. The summed E-state index contributed by atoms with van der Waals surface area (Å²) >= 11 is 0. The van der Waals surface area contributed by atoms with E-state index in [9.17, 15) is 18.4 Å². The smallest absolute Gasteiger partial charge is 0.326 e. The van der Waals surface area contributed by atoms with Gasteiger partial charge in [-0.2, -0.15) is 5.10 Å². The number of aromatic amines is 1. The lowest BCUT2D eigenvalue weighted by Gasteiger charge is -2.43. The van der Waals surface area contributed by atoms with Crippen LogP contribution in [0.4, 0.5) is 19.4 Å². The van der Waals surface area contributed by atoms with Crippen LogP contribution in [-0.2, 0) is 17.8 Å². The molecule has 0 bridgehead atoms. The van der Waals surface area contributed by atoms with Crippen molar-refractivity contribution in [3.63, 3.8) is 0 Å². The van der Waals surface area contributed by atoms with Crippen LogP contribution in [0.3, 0.4) is 0 Å². The first-order valence-electron chi connectivity index (χ1n) is 13.6. The van der Waals surface area contributed by atoms with E-state index in [0.717, 1.165) is 22.4 Å². The Bertz CT molecular complexity index is 1420. The van der Waals surface area contributed by atoms with Gasteiger partial charge in [0.15, 0.2) is 0 Å². The fourth-order valence-corrected chi connectivity index (χ4v) is 6.01. The first kappa shape index (κ1) is 26.2. The van der Waals surface area contributed by atoms with Crippen LogP contribution in [0.2, 0.25) is 0 Å². The van der Waals surface area contributed by atoms with E-state index in [0.29, 0.717) is 57.0 Å². The molecule has 3 aromatic rings. The summed E-state index contributed by atoms with van der Waals surface area (Å²) in [7, 11) is 1.60. The number of methoxy groups -OCH3 is 1. The highest BCUT2D eigenvalue weighted by atomic mass is 19.3. The van der Waals surface area contributed by atoms with Gasteiger partial charge in [0.05, 0.1) is 31.1 Å². The van der Waals surface area contributed by atoms with Crippen LogP contribution in [0.25, 0.3) is 11.1 Å². The lowest BCUT2D eigenvalue weighted by Crippen LogP contribution is -2.55. The molecule has 3 amide bonds. The topological polar surface area (TPSA) is 94.7 Å². The third kappa shape index (κ3) is 4.56. The lowest BCUT2D eigenvalue weighted by molar-refractivity contribution is -0.137. The first-order valence-corrected chi connectivity index (χ1v) is 13.6. The number of aromatic nitrogens is 3. The summed E-state index contributed by atoms with van der Waals surface area (Å²) in [5, 5.41) is 6.88. The van der Waals surface area contributed by atoms with Crippen molar-refractivity contribution in [2.24, 2.45) is 5.92 Å². The zero-order chi connectivity index (χ0) is 28.1. The van der Waals surface area contributed by atoms with Gasteiger partial charge < -0.3 is 14.5 Å². The maximum atomic E-state index is 14.1. The van der Waals surface area contributed by atoms with Crippen molar-refractivity contribution < 1.29 is 23.1 Å². The number of nitrogens with zero attached hydrogens (tertiary/aromatic N) is 5. The average molecular weight is 551 g/mol. The molecule has 0 radical (unpaired) electrons. The Balaban J connectivity index is 1.29. The van der Waals surface area contributed by atoms with E-state index in [1.165, 1.54) is 0 Å². The number of aryl methyl sites for hydroxylation is 1. The minimum absolute atomic E-state index is 0.165. The number of nitrogens with one attached hydrogen (secondary N) is 1. The molecular formula is C29H32F2N6O3. The van der Waals surface area contributed by atoms with Gasteiger partial charge in [0.2, 0.25) is 5.91 Å². The Morgan fingerprint density at radius 2 is 1.98 bits per heavy atom. The Morgan fingerprint density at radius 3 is 2.62 bits per heavy atom. The van der Waals surface area contributed by atoms with Crippen molar-refractivity contribution in [3.8, 4) is 16.9 Å². The summed E-state index contributed by atoms with van der Waals surface area (Å²) in [6, 6.07) is 11.3. The number of pyridine rings is 1. The Morgan fingerprint density at radius 1 is 1.20 bits per heavy atom. The van der Waals surface area contributed by atoms with Crippen molar-refractivity contribution in [3.05, 3.63) is 60.0 Å². The molecular weight excluding hydrogens is 518 g/mol. The number of likely N-dealkylation sites (tertiary alicyclic amines) is 1. The zero-order valence-electron chi connectivity index (χ0n) is 22.6. The molecule has 2 saturated heterocycles. The number of urea groups is 1. The van der Waals surface area contributed by atoms with E-state index >= 15 is 0 Å². The number of carbonyl (C=O) groups excluding carboxylic acids is 2. The van der Waals surface area contributed by atoms with Crippen LogP contribution in [0.1, 0.15) is 37.4 Å². The van der Waals surface area contributed by atoms with E-state index in [-0.39, 0.29) is 12.5 Å². The molecule has 1 saturated carbocycles. The van der Waals surface area contributed by atoms with Gasteiger partial charge in [-0.3, -0.25) is 14.8 Å². The number of ether oxygens (including phenoxy) is 1. The summed E-state index contributed by atoms with van der Waals surface area (Å²) in [5.74, 6) is -3.32. The summed E-state index contributed by atoms with van der Waals surface area (Å²) in [6.07, 6.45) is 4.86. The van der Waals surface area contributed by atoms with Gasteiger partial charge in [0.25, 0.3) is 5.92 Å². The van der Waals surface area contributed by atoms with Gasteiger partial charge >= 0.3 is 6.03 Å². The predicted octanol–water partition coefficient (Wildman–Crippen LogP) is 4.50. The van der Waals surface area contributed by atoms with Crippen molar-refractivity contribution in [2.45, 2.75) is 50.6 Å². The number of benzene rings is 1. The molecule has 210 valence electrons. The molecule has 9 nitrogen and oxygen atoms in total. The molecule has 2 aromatic heterocycles. The first-order chi connectivity index (χ1) is 19.2. The summed E-state index contributed by atoms with van der Waals surface area (Å²) < 4.78 is 32.6. The minimum Gasteiger partial charge on any atom is -0.497 e. The molecule has 1 N–H and O–H groups in total. The van der Waals surface area contributed by atoms with Gasteiger partial charge in [-0.15, -0.1) is 0 Å². The van der Waals surface area contributed by atoms with E-state index in [1.807, 2.05) is 54.4 Å². The SMILES string of the molecule is CCc1nc(N2CC3(CCN(C(=O)C4CC4(F)F)CC3)N(Cc3cccc(OC)c3)C2=O)ccc1-c1cn[nH]c1. The summed E-state index contributed by atoms with van der Waals surface area (Å²) in [4.78, 5) is 36.8. The third-order valence-corrected chi connectivity index (χ3v) is 8.47. The highest BCUT2D eigenvalue weighted by Gasteiger charge is 2.63. The summed E-state index contributed by atoms with van der Waals surface area (Å²) in [5.41, 5.74) is 3.09. The van der Waals surface area contributed by atoms with Gasteiger partial charge in [0.1, 0.15) is 17.5 Å². The molecule has 3 fully saturated rings. The number of amides is 3. The highest BCUT2D eigenvalue weighted by molar-refractivity contribution is 5.95. The molecule has 40 heavy (non-hydrogen) atoms. The van der Waals surface area contributed by atoms with Crippen molar-refractivity contribution in [2.75, 3.05) is 31.6 Å². The number of carbonyl (C=O) groups is 2. The minimum atomic E-state index is -2.89. The second-order valence-electron chi connectivity index (χ2n) is 10.9. The Kier molecular flexibility index (Phi) is 6.47. The number of hydrogen-bond acceptors (Lipinski definition) is 5. The second-order valence-corrected chi connectivity index (χ2v) is 10.9. The van der Waals surface area contributed by atoms with Crippen molar-refractivity contribution >= 4 is 17.8 Å².